The van der Waals surface area contributed by atoms with Crippen LogP contribution in [0.4, 0.5) is 11.8 Å². The highest BCUT2D eigenvalue weighted by Crippen LogP contribution is 2.40. The average Bonchev–Trinajstić information content (AvgIpc) is 3.17. The van der Waals surface area contributed by atoms with Gasteiger partial charge in [-0.05, 0) is 31.2 Å². The van der Waals surface area contributed by atoms with Crippen LogP contribution in [0.5, 0.6) is 0 Å². The maximum atomic E-state index is 11.9. The smallest absolute Gasteiger partial charge is 0.310 e. The first-order valence-corrected chi connectivity index (χ1v) is 9.21. The number of aromatic nitrogens is 2. The van der Waals surface area contributed by atoms with E-state index in [4.69, 9.17) is 10.5 Å². The SMILES string of the molecule is COC(=O)C1CCN(c2nc(N)nc3c2CCCC3c2ccccc2)C1. The van der Waals surface area contributed by atoms with E-state index in [-0.39, 0.29) is 17.8 Å². The molecule has 1 aromatic carbocycles. The van der Waals surface area contributed by atoms with E-state index in [1.54, 1.807) is 0 Å². The van der Waals surface area contributed by atoms with Crippen LogP contribution in [0.15, 0.2) is 30.3 Å². The summed E-state index contributed by atoms with van der Waals surface area (Å²) in [7, 11) is 1.44. The molecule has 1 fully saturated rings. The molecular weight excluding hydrogens is 328 g/mol. The number of carbonyl (C=O) groups excluding carboxylic acids is 1. The third-order valence-corrected chi connectivity index (χ3v) is 5.51. The van der Waals surface area contributed by atoms with E-state index >= 15 is 0 Å². The molecule has 6 heteroatoms. The molecule has 136 valence electrons. The number of hydrogen-bond acceptors (Lipinski definition) is 6. The second kappa shape index (κ2) is 6.94. The molecule has 2 aromatic rings. The topological polar surface area (TPSA) is 81.3 Å². The van der Waals surface area contributed by atoms with E-state index in [1.807, 2.05) is 6.07 Å². The molecule has 1 aliphatic carbocycles. The molecule has 0 spiro atoms. The zero-order valence-corrected chi connectivity index (χ0v) is 15.0. The minimum atomic E-state index is -0.148. The van der Waals surface area contributed by atoms with Gasteiger partial charge in [-0.25, -0.2) is 4.98 Å². The first kappa shape index (κ1) is 16.8. The van der Waals surface area contributed by atoms with Crippen molar-refractivity contribution in [1.29, 1.82) is 0 Å². The number of nitrogens with zero attached hydrogens (tertiary/aromatic N) is 3. The molecule has 2 atom stereocenters. The number of esters is 1. The van der Waals surface area contributed by atoms with Gasteiger partial charge in [0.15, 0.2) is 0 Å². The van der Waals surface area contributed by atoms with Crippen LogP contribution in [0.3, 0.4) is 0 Å². The number of benzene rings is 1. The van der Waals surface area contributed by atoms with Crippen molar-refractivity contribution < 1.29 is 9.53 Å². The van der Waals surface area contributed by atoms with Crippen molar-refractivity contribution in [2.45, 2.75) is 31.6 Å². The van der Waals surface area contributed by atoms with Gasteiger partial charge in [0.25, 0.3) is 0 Å². The standard InChI is InChI=1S/C20H24N4O2/c1-26-19(25)14-10-11-24(12-14)18-16-9-5-8-15(13-6-3-2-4-7-13)17(16)22-20(21)23-18/h2-4,6-7,14-15H,5,8-12H2,1H3,(H2,21,22,23). The largest absolute Gasteiger partial charge is 0.469 e. The normalized spacial score (nSPS) is 22.1. The number of ether oxygens (including phenoxy) is 1. The lowest BCUT2D eigenvalue weighted by Crippen LogP contribution is -2.28. The van der Waals surface area contributed by atoms with Crippen LogP contribution in [0.2, 0.25) is 0 Å². The second-order valence-electron chi connectivity index (χ2n) is 7.08. The highest BCUT2D eigenvalue weighted by Gasteiger charge is 2.34. The van der Waals surface area contributed by atoms with Crippen LogP contribution >= 0.6 is 0 Å². The zero-order valence-electron chi connectivity index (χ0n) is 15.0. The molecule has 2 N–H and O–H groups in total. The molecule has 0 radical (unpaired) electrons. The maximum absolute atomic E-state index is 11.9. The number of anilines is 2. The highest BCUT2D eigenvalue weighted by molar-refractivity contribution is 5.74. The van der Waals surface area contributed by atoms with Crippen LogP contribution in [-0.4, -0.2) is 36.1 Å². The van der Waals surface area contributed by atoms with Gasteiger partial charge in [0.2, 0.25) is 5.95 Å². The number of rotatable bonds is 3. The quantitative estimate of drug-likeness (QED) is 0.855. The van der Waals surface area contributed by atoms with E-state index in [1.165, 1.54) is 18.2 Å². The third kappa shape index (κ3) is 3.00. The van der Waals surface area contributed by atoms with Crippen molar-refractivity contribution in [2.75, 3.05) is 30.8 Å². The van der Waals surface area contributed by atoms with Crippen LogP contribution < -0.4 is 10.6 Å². The van der Waals surface area contributed by atoms with Crippen LogP contribution in [0.25, 0.3) is 0 Å². The Morgan fingerprint density at radius 3 is 2.81 bits per heavy atom. The maximum Gasteiger partial charge on any atom is 0.310 e. The molecule has 0 saturated carbocycles. The summed E-state index contributed by atoms with van der Waals surface area (Å²) < 4.78 is 4.91. The Morgan fingerprint density at radius 1 is 1.23 bits per heavy atom. The minimum Gasteiger partial charge on any atom is -0.469 e. The monoisotopic (exact) mass is 352 g/mol. The molecule has 0 bridgehead atoms. The van der Waals surface area contributed by atoms with Gasteiger partial charge in [0, 0.05) is 24.6 Å². The number of nitrogens with two attached hydrogens (primary N) is 1. The fourth-order valence-electron chi connectivity index (χ4n) is 4.24. The van der Waals surface area contributed by atoms with Gasteiger partial charge in [-0.15, -0.1) is 0 Å². The van der Waals surface area contributed by atoms with E-state index < -0.39 is 0 Å². The van der Waals surface area contributed by atoms with Crippen molar-refractivity contribution in [1.82, 2.24) is 9.97 Å². The van der Waals surface area contributed by atoms with Gasteiger partial charge in [-0.2, -0.15) is 4.98 Å². The van der Waals surface area contributed by atoms with Gasteiger partial charge in [0.1, 0.15) is 5.82 Å². The van der Waals surface area contributed by atoms with Crippen LogP contribution in [0, 0.1) is 5.92 Å². The molecule has 6 nitrogen and oxygen atoms in total. The van der Waals surface area contributed by atoms with Crippen molar-refractivity contribution >= 4 is 17.7 Å². The summed E-state index contributed by atoms with van der Waals surface area (Å²) in [4.78, 5) is 23.2. The fourth-order valence-corrected chi connectivity index (χ4v) is 4.24. The van der Waals surface area contributed by atoms with Crippen molar-refractivity contribution in [2.24, 2.45) is 5.92 Å². The minimum absolute atomic E-state index is 0.0969. The van der Waals surface area contributed by atoms with Gasteiger partial charge in [0.05, 0.1) is 18.7 Å². The number of nitrogen functional groups attached to an aromatic ring is 1. The number of methoxy groups -OCH3 is 1. The van der Waals surface area contributed by atoms with Crippen molar-refractivity contribution in [3.8, 4) is 0 Å². The van der Waals surface area contributed by atoms with Crippen molar-refractivity contribution in [3.63, 3.8) is 0 Å². The lowest BCUT2D eigenvalue weighted by Gasteiger charge is -2.29. The molecule has 2 unspecified atom stereocenters. The molecule has 1 saturated heterocycles. The summed E-state index contributed by atoms with van der Waals surface area (Å²) in [5.41, 5.74) is 9.57. The fraction of sp³-hybridized carbons (Fsp3) is 0.450. The first-order chi connectivity index (χ1) is 12.7. The Labute approximate surface area is 153 Å². The molecule has 26 heavy (non-hydrogen) atoms. The Morgan fingerprint density at radius 2 is 2.04 bits per heavy atom. The first-order valence-electron chi connectivity index (χ1n) is 9.21. The Balaban J connectivity index is 1.70. The van der Waals surface area contributed by atoms with Crippen molar-refractivity contribution in [3.05, 3.63) is 47.2 Å². The summed E-state index contributed by atoms with van der Waals surface area (Å²) in [6, 6.07) is 10.5. The predicted octanol–water partition coefficient (Wildman–Crippen LogP) is 2.53. The lowest BCUT2D eigenvalue weighted by molar-refractivity contribution is -0.144. The molecular formula is C20H24N4O2. The van der Waals surface area contributed by atoms with E-state index in [0.29, 0.717) is 12.5 Å². The molecule has 2 aliphatic rings. The molecule has 2 heterocycles. The van der Waals surface area contributed by atoms with Crippen LogP contribution in [-0.2, 0) is 16.0 Å². The average molecular weight is 352 g/mol. The Bertz CT molecular complexity index is 809. The summed E-state index contributed by atoms with van der Waals surface area (Å²) in [6.07, 6.45) is 3.90. The van der Waals surface area contributed by atoms with E-state index in [9.17, 15) is 4.79 Å². The van der Waals surface area contributed by atoms with Gasteiger partial charge < -0.3 is 15.4 Å². The van der Waals surface area contributed by atoms with Gasteiger partial charge in [-0.3, -0.25) is 4.79 Å². The Hall–Kier alpha value is -2.63. The molecule has 4 rings (SSSR count). The van der Waals surface area contributed by atoms with E-state index in [2.05, 4.69) is 39.1 Å². The zero-order chi connectivity index (χ0) is 18.1. The second-order valence-corrected chi connectivity index (χ2v) is 7.08. The summed E-state index contributed by atoms with van der Waals surface area (Å²) in [5, 5.41) is 0. The predicted molar refractivity (Wildman–Crippen MR) is 100 cm³/mol. The van der Waals surface area contributed by atoms with Gasteiger partial charge in [-0.1, -0.05) is 30.3 Å². The van der Waals surface area contributed by atoms with Crippen LogP contribution in [0.1, 0.15) is 42.0 Å². The third-order valence-electron chi connectivity index (χ3n) is 5.51. The summed E-state index contributed by atoms with van der Waals surface area (Å²) >= 11 is 0. The number of fused-ring (bicyclic) bond motifs is 1. The number of carbonyl (C=O) groups is 1. The Kier molecular flexibility index (Phi) is 4.49. The lowest BCUT2D eigenvalue weighted by atomic mass is 9.82. The highest BCUT2D eigenvalue weighted by atomic mass is 16.5. The molecule has 1 aliphatic heterocycles. The molecule has 0 amide bonds. The summed E-state index contributed by atoms with van der Waals surface area (Å²) in [6.45, 7) is 1.42. The number of hydrogen-bond donors (Lipinski definition) is 1. The van der Waals surface area contributed by atoms with E-state index in [0.717, 1.165) is 43.7 Å². The summed E-state index contributed by atoms with van der Waals surface area (Å²) in [5.74, 6) is 1.22. The van der Waals surface area contributed by atoms with Gasteiger partial charge >= 0.3 is 5.97 Å². The molecule has 1 aromatic heterocycles.